The fourth-order valence-corrected chi connectivity index (χ4v) is 0.676. The monoisotopic (exact) mass is 148 g/mol. The van der Waals surface area contributed by atoms with Gasteiger partial charge in [0.15, 0.2) is 0 Å². The maximum absolute atomic E-state index is 9.81. The van der Waals surface area contributed by atoms with Crippen LogP contribution >= 0.6 is 0 Å². The van der Waals surface area contributed by atoms with Gasteiger partial charge in [-0.1, -0.05) is 25.1 Å². The number of benzene rings is 1. The molecule has 0 fully saturated rings. The molecular weight excluding hydrogens is 136 g/mol. The standard InChI is InChI=1S/C6H4.C4H8O/c1-2-5-4-6(5)3-1;1-3-4(2)5/h1-4H;3H2,1-2H3. The average molecular weight is 148 g/mol. The second-order valence-corrected chi connectivity index (χ2v) is 2.64. The molecule has 0 aromatic rings. The molecule has 0 bridgehead atoms. The molecule has 0 aromatic carbocycles. The Morgan fingerprint density at radius 1 is 1.36 bits per heavy atom. The summed E-state index contributed by atoms with van der Waals surface area (Å²) in [6.45, 7) is 3.43. The molecule has 0 radical (unpaired) electrons. The van der Waals surface area contributed by atoms with Crippen LogP contribution in [0.15, 0.2) is 24.3 Å². The normalized spacial score (nSPS) is 9.64. The first-order valence-electron chi connectivity index (χ1n) is 3.84. The second kappa shape index (κ2) is 3.33. The number of carbonyl (C=O) groups excluding carboxylic acids is 1. The molecule has 0 saturated carbocycles. The smallest absolute Gasteiger partial charge is 0.129 e. The van der Waals surface area contributed by atoms with E-state index in [0.717, 1.165) is 0 Å². The van der Waals surface area contributed by atoms with Gasteiger partial charge in [-0.05, 0) is 24.1 Å². The molecule has 0 saturated heterocycles. The van der Waals surface area contributed by atoms with Crippen molar-refractivity contribution in [2.24, 2.45) is 0 Å². The minimum Gasteiger partial charge on any atom is -0.300 e. The van der Waals surface area contributed by atoms with Crippen molar-refractivity contribution in [3.63, 3.8) is 0 Å². The molecule has 2 aliphatic carbocycles. The van der Waals surface area contributed by atoms with Crippen LogP contribution in [0.4, 0.5) is 0 Å². The lowest BCUT2D eigenvalue weighted by atomic mass is 10.4. The van der Waals surface area contributed by atoms with Gasteiger partial charge in [0.2, 0.25) is 0 Å². The zero-order chi connectivity index (χ0) is 8.27. The third-order valence-corrected chi connectivity index (χ3v) is 1.61. The van der Waals surface area contributed by atoms with Gasteiger partial charge in [0.05, 0.1) is 0 Å². The lowest BCUT2D eigenvalue weighted by Crippen LogP contribution is -1.80. The molecule has 0 heterocycles. The van der Waals surface area contributed by atoms with Crippen molar-refractivity contribution in [3.05, 3.63) is 24.3 Å². The van der Waals surface area contributed by atoms with E-state index in [4.69, 9.17) is 0 Å². The first-order chi connectivity index (χ1) is 5.24. The Morgan fingerprint density at radius 2 is 1.82 bits per heavy atom. The maximum Gasteiger partial charge on any atom is 0.129 e. The summed E-state index contributed by atoms with van der Waals surface area (Å²) in [5.41, 5.74) is 2.85. The number of hydrogen-bond acceptors (Lipinski definition) is 1. The van der Waals surface area contributed by atoms with Crippen molar-refractivity contribution >= 4 is 5.78 Å². The first kappa shape index (κ1) is 7.99. The van der Waals surface area contributed by atoms with Gasteiger partial charge < -0.3 is 4.79 Å². The van der Waals surface area contributed by atoms with Crippen molar-refractivity contribution < 1.29 is 4.79 Å². The Kier molecular flexibility index (Phi) is 2.42. The van der Waals surface area contributed by atoms with E-state index < -0.39 is 0 Å². The van der Waals surface area contributed by atoms with Crippen molar-refractivity contribution in [2.45, 2.75) is 20.3 Å². The summed E-state index contributed by atoms with van der Waals surface area (Å²) >= 11 is 0. The summed E-state index contributed by atoms with van der Waals surface area (Å²) in [4.78, 5) is 9.81. The lowest BCUT2D eigenvalue weighted by molar-refractivity contribution is -0.116. The molecule has 0 atom stereocenters. The molecule has 58 valence electrons. The van der Waals surface area contributed by atoms with E-state index in [2.05, 4.69) is 24.3 Å². The van der Waals surface area contributed by atoms with Crippen LogP contribution in [0, 0.1) is 0 Å². The Morgan fingerprint density at radius 3 is 1.91 bits per heavy atom. The van der Waals surface area contributed by atoms with Gasteiger partial charge in [-0.2, -0.15) is 0 Å². The molecule has 0 aromatic heterocycles. The van der Waals surface area contributed by atoms with E-state index >= 15 is 0 Å². The molecule has 0 aliphatic heterocycles. The van der Waals surface area contributed by atoms with Crippen molar-refractivity contribution in [1.29, 1.82) is 0 Å². The highest BCUT2D eigenvalue weighted by molar-refractivity contribution is 5.80. The zero-order valence-corrected chi connectivity index (χ0v) is 6.92. The fraction of sp³-hybridized carbons (Fsp3) is 0.300. The van der Waals surface area contributed by atoms with Gasteiger partial charge in [-0.15, -0.1) is 0 Å². The average Bonchev–Trinajstić information content (AvgIpc) is 2.61. The number of carbonyl (C=O) groups is 1. The first-order valence-corrected chi connectivity index (χ1v) is 3.84. The molecule has 0 spiro atoms. The van der Waals surface area contributed by atoms with Gasteiger partial charge in [0.25, 0.3) is 0 Å². The molecule has 0 N–H and O–H groups in total. The van der Waals surface area contributed by atoms with Gasteiger partial charge in [-0.3, -0.25) is 0 Å². The summed E-state index contributed by atoms with van der Waals surface area (Å²) < 4.78 is 0. The summed E-state index contributed by atoms with van der Waals surface area (Å²) in [6, 6.07) is 8.48. The fourth-order valence-electron chi connectivity index (χ4n) is 0.676. The predicted octanol–water partition coefficient (Wildman–Crippen LogP) is 2.65. The maximum atomic E-state index is 9.81. The van der Waals surface area contributed by atoms with Crippen LogP contribution < -0.4 is 0 Å². The predicted molar refractivity (Wildman–Crippen MR) is 46.4 cm³/mol. The number of Topliss-reactive ketones (excluding diaryl/α,β-unsaturated/α-hetero) is 1. The van der Waals surface area contributed by atoms with E-state index in [1.165, 1.54) is 11.1 Å². The molecule has 11 heavy (non-hydrogen) atoms. The Bertz CT molecular complexity index is 246. The third kappa shape index (κ3) is 2.54. The van der Waals surface area contributed by atoms with Crippen LogP contribution in [0.1, 0.15) is 20.3 Å². The summed E-state index contributed by atoms with van der Waals surface area (Å²) in [7, 11) is 0. The van der Waals surface area contributed by atoms with Gasteiger partial charge in [0.1, 0.15) is 5.78 Å². The summed E-state index contributed by atoms with van der Waals surface area (Å²) in [5.74, 6) is 0.255. The van der Waals surface area contributed by atoms with Crippen LogP contribution in [-0.2, 0) is 4.79 Å². The van der Waals surface area contributed by atoms with Gasteiger partial charge >= 0.3 is 0 Å². The number of hydrogen-bond donors (Lipinski definition) is 0. The van der Waals surface area contributed by atoms with Crippen LogP contribution in [0.2, 0.25) is 0 Å². The van der Waals surface area contributed by atoms with Crippen molar-refractivity contribution in [2.75, 3.05) is 0 Å². The van der Waals surface area contributed by atoms with Crippen LogP contribution in [-0.4, -0.2) is 5.78 Å². The molecular formula is C10H12O. The quantitative estimate of drug-likeness (QED) is 0.607. The van der Waals surface area contributed by atoms with Gasteiger partial charge in [0, 0.05) is 6.42 Å². The molecule has 0 unspecified atom stereocenters. The van der Waals surface area contributed by atoms with Crippen LogP contribution in [0.3, 0.4) is 0 Å². The molecule has 2 rings (SSSR count). The third-order valence-electron chi connectivity index (χ3n) is 1.61. The van der Waals surface area contributed by atoms with Crippen molar-refractivity contribution in [1.82, 2.24) is 0 Å². The molecule has 2 aliphatic rings. The van der Waals surface area contributed by atoms with Gasteiger partial charge in [-0.25, -0.2) is 0 Å². The Labute approximate surface area is 67.1 Å². The number of ketones is 1. The Balaban J connectivity index is 0.000000114. The zero-order valence-electron chi connectivity index (χ0n) is 6.92. The minimum absolute atomic E-state index is 0.255. The van der Waals surface area contributed by atoms with E-state index in [1.807, 2.05) is 6.92 Å². The summed E-state index contributed by atoms with van der Waals surface area (Å²) in [5, 5.41) is 0. The Hall–Kier alpha value is -1.11. The largest absolute Gasteiger partial charge is 0.300 e. The highest BCUT2D eigenvalue weighted by Crippen LogP contribution is 2.32. The number of rotatable bonds is 1. The molecule has 1 nitrogen and oxygen atoms in total. The minimum atomic E-state index is 0.255. The van der Waals surface area contributed by atoms with E-state index in [-0.39, 0.29) is 5.78 Å². The van der Waals surface area contributed by atoms with Crippen molar-refractivity contribution in [3.8, 4) is 11.1 Å². The highest BCUT2D eigenvalue weighted by Gasteiger charge is 2.06. The second-order valence-electron chi connectivity index (χ2n) is 2.64. The molecule has 1 heteroatoms. The lowest BCUT2D eigenvalue weighted by Gasteiger charge is -1.71. The van der Waals surface area contributed by atoms with E-state index in [9.17, 15) is 4.79 Å². The van der Waals surface area contributed by atoms with E-state index in [0.29, 0.717) is 6.42 Å². The van der Waals surface area contributed by atoms with Crippen LogP contribution in [0.5, 0.6) is 0 Å². The highest BCUT2D eigenvalue weighted by atomic mass is 16.1. The molecule has 0 amide bonds. The van der Waals surface area contributed by atoms with Crippen LogP contribution in [0.25, 0.3) is 11.1 Å². The topological polar surface area (TPSA) is 17.1 Å². The number of fused-ring (bicyclic) bond motifs is 1. The summed E-state index contributed by atoms with van der Waals surface area (Å²) in [6.07, 6.45) is 0.667. The SMILES string of the molecule is CCC(C)=O.c1cc2cc-2c1. The van der Waals surface area contributed by atoms with E-state index in [1.54, 1.807) is 6.92 Å².